The molecule has 0 aromatic carbocycles. The van der Waals surface area contributed by atoms with Crippen molar-refractivity contribution in [2.75, 3.05) is 6.54 Å². The van der Waals surface area contributed by atoms with Gasteiger partial charge in [-0.2, -0.15) is 5.10 Å². The summed E-state index contributed by atoms with van der Waals surface area (Å²) in [6.45, 7) is 0.839. The van der Waals surface area contributed by atoms with Crippen LogP contribution in [0.3, 0.4) is 0 Å². The molecule has 2 heterocycles. The summed E-state index contributed by atoms with van der Waals surface area (Å²) in [4.78, 5) is 11.7. The van der Waals surface area contributed by atoms with Crippen LogP contribution in [0.4, 0.5) is 0 Å². The van der Waals surface area contributed by atoms with Gasteiger partial charge in [-0.15, -0.1) is 0 Å². The largest absolute Gasteiger partial charge is 0.356 e. The van der Waals surface area contributed by atoms with Gasteiger partial charge in [0.1, 0.15) is 0 Å². The zero-order valence-corrected chi connectivity index (χ0v) is 10.8. The van der Waals surface area contributed by atoms with E-state index in [2.05, 4.69) is 27.4 Å². The van der Waals surface area contributed by atoms with Crippen molar-refractivity contribution < 1.29 is 4.79 Å². The van der Waals surface area contributed by atoms with Gasteiger partial charge in [0.2, 0.25) is 5.91 Å². The van der Waals surface area contributed by atoms with Crippen molar-refractivity contribution in [2.45, 2.75) is 51.0 Å². The molecule has 2 fully saturated rings. The molecule has 1 aliphatic carbocycles. The van der Waals surface area contributed by atoms with Crippen LogP contribution in [0.5, 0.6) is 0 Å². The average molecular weight is 247 g/mol. The summed E-state index contributed by atoms with van der Waals surface area (Å²) in [7, 11) is 0. The highest BCUT2D eigenvalue weighted by Gasteiger charge is 2.24. The fourth-order valence-corrected chi connectivity index (χ4v) is 3.14. The molecule has 0 radical (unpaired) electrons. The normalized spacial score (nSPS) is 25.3. The number of nitrogens with one attached hydrogen (secondary N) is 1. The second-order valence-corrected chi connectivity index (χ2v) is 5.56. The lowest BCUT2D eigenvalue weighted by molar-refractivity contribution is -0.126. The molecule has 4 heteroatoms. The van der Waals surface area contributed by atoms with Crippen LogP contribution >= 0.6 is 0 Å². The van der Waals surface area contributed by atoms with E-state index >= 15 is 0 Å². The molecule has 0 spiro atoms. The third-order valence-corrected chi connectivity index (χ3v) is 4.22. The first kappa shape index (κ1) is 11.8. The Bertz CT molecular complexity index is 420. The van der Waals surface area contributed by atoms with Gasteiger partial charge >= 0.3 is 0 Å². The minimum Gasteiger partial charge on any atom is -0.356 e. The van der Waals surface area contributed by atoms with Gasteiger partial charge in [0, 0.05) is 25.1 Å². The first-order valence-electron chi connectivity index (χ1n) is 7.14. The Morgan fingerprint density at radius 1 is 1.28 bits per heavy atom. The highest BCUT2D eigenvalue weighted by atomic mass is 16.1. The van der Waals surface area contributed by atoms with Crippen LogP contribution in [0.15, 0.2) is 12.3 Å². The molecule has 1 N–H and O–H groups in total. The van der Waals surface area contributed by atoms with Crippen LogP contribution in [0.25, 0.3) is 0 Å². The van der Waals surface area contributed by atoms with E-state index < -0.39 is 0 Å². The molecule has 18 heavy (non-hydrogen) atoms. The number of nitrogens with zero attached hydrogens (tertiary/aromatic N) is 2. The van der Waals surface area contributed by atoms with Crippen molar-refractivity contribution in [3.63, 3.8) is 0 Å². The van der Waals surface area contributed by atoms with Gasteiger partial charge in [0.25, 0.3) is 0 Å². The maximum absolute atomic E-state index is 11.7. The molecule has 1 amide bonds. The molecule has 4 nitrogen and oxygen atoms in total. The molecule has 1 aromatic rings. The second kappa shape index (κ2) is 5.12. The Morgan fingerprint density at radius 2 is 2.11 bits per heavy atom. The van der Waals surface area contributed by atoms with Gasteiger partial charge in [0.15, 0.2) is 0 Å². The molecule has 1 saturated heterocycles. The molecule has 1 atom stereocenters. The van der Waals surface area contributed by atoms with E-state index in [-0.39, 0.29) is 11.8 Å². The lowest BCUT2D eigenvalue weighted by atomic mass is 9.94. The number of carbonyl (C=O) groups is 1. The maximum Gasteiger partial charge on any atom is 0.223 e. The molecular formula is C14H21N3O. The standard InChI is InChI=1S/C14H21N3O/c18-14-11(4-3-8-15-14)10-12-7-9-17(16-12)13-5-1-2-6-13/h7,9,11,13H,1-6,8,10H2,(H,15,18). The van der Waals surface area contributed by atoms with Gasteiger partial charge in [-0.05, 0) is 31.7 Å². The highest BCUT2D eigenvalue weighted by Crippen LogP contribution is 2.29. The third-order valence-electron chi connectivity index (χ3n) is 4.22. The Hall–Kier alpha value is -1.32. The number of carbonyl (C=O) groups excluding carboxylic acids is 1. The van der Waals surface area contributed by atoms with Crippen LogP contribution in [0, 0.1) is 5.92 Å². The zero-order valence-electron chi connectivity index (χ0n) is 10.8. The van der Waals surface area contributed by atoms with Crippen molar-refractivity contribution in [3.8, 4) is 0 Å². The van der Waals surface area contributed by atoms with Crippen molar-refractivity contribution in [1.29, 1.82) is 0 Å². The Labute approximate surface area is 108 Å². The van der Waals surface area contributed by atoms with E-state index in [9.17, 15) is 4.79 Å². The van der Waals surface area contributed by atoms with E-state index in [1.165, 1.54) is 25.7 Å². The molecule has 1 unspecified atom stereocenters. The quantitative estimate of drug-likeness (QED) is 0.888. The summed E-state index contributed by atoms with van der Waals surface area (Å²) >= 11 is 0. The predicted octanol–water partition coefficient (Wildman–Crippen LogP) is 2.07. The maximum atomic E-state index is 11.7. The zero-order chi connectivity index (χ0) is 12.4. The smallest absolute Gasteiger partial charge is 0.223 e. The minimum atomic E-state index is 0.130. The van der Waals surface area contributed by atoms with Crippen LogP contribution < -0.4 is 5.32 Å². The van der Waals surface area contributed by atoms with Crippen LogP contribution in [-0.4, -0.2) is 22.2 Å². The second-order valence-electron chi connectivity index (χ2n) is 5.56. The van der Waals surface area contributed by atoms with Crippen molar-refractivity contribution in [1.82, 2.24) is 15.1 Å². The van der Waals surface area contributed by atoms with Crippen molar-refractivity contribution >= 4 is 5.91 Å². The fourth-order valence-electron chi connectivity index (χ4n) is 3.14. The number of aromatic nitrogens is 2. The first-order chi connectivity index (χ1) is 8.83. The third kappa shape index (κ3) is 2.42. The average Bonchev–Trinajstić information content (AvgIpc) is 3.02. The minimum absolute atomic E-state index is 0.130. The fraction of sp³-hybridized carbons (Fsp3) is 0.714. The van der Waals surface area contributed by atoms with Gasteiger partial charge < -0.3 is 5.32 Å². The van der Waals surface area contributed by atoms with E-state index in [1.807, 2.05) is 0 Å². The summed E-state index contributed by atoms with van der Waals surface area (Å²) in [5.41, 5.74) is 1.07. The Morgan fingerprint density at radius 3 is 2.89 bits per heavy atom. The van der Waals surface area contributed by atoms with Gasteiger partial charge in [-0.25, -0.2) is 0 Å². The van der Waals surface area contributed by atoms with Gasteiger partial charge in [0.05, 0.1) is 11.7 Å². The molecule has 1 aliphatic heterocycles. The molecule has 3 rings (SSSR count). The number of hydrogen-bond donors (Lipinski definition) is 1. The number of rotatable bonds is 3. The predicted molar refractivity (Wildman–Crippen MR) is 69.2 cm³/mol. The lowest BCUT2D eigenvalue weighted by Crippen LogP contribution is -2.37. The summed E-state index contributed by atoms with van der Waals surface area (Å²) in [6, 6.07) is 2.68. The summed E-state index contributed by atoms with van der Waals surface area (Å²) in [6.07, 6.45) is 10.1. The monoisotopic (exact) mass is 247 g/mol. The summed E-state index contributed by atoms with van der Waals surface area (Å²) < 4.78 is 2.11. The molecule has 98 valence electrons. The van der Waals surface area contributed by atoms with Crippen LogP contribution in [0.1, 0.15) is 50.3 Å². The number of hydrogen-bond acceptors (Lipinski definition) is 2. The molecular weight excluding hydrogens is 226 g/mol. The topological polar surface area (TPSA) is 46.9 Å². The molecule has 1 saturated carbocycles. The number of piperidine rings is 1. The Kier molecular flexibility index (Phi) is 3.35. The van der Waals surface area contributed by atoms with E-state index in [0.717, 1.165) is 31.5 Å². The van der Waals surface area contributed by atoms with E-state index in [0.29, 0.717) is 6.04 Å². The number of amides is 1. The van der Waals surface area contributed by atoms with E-state index in [4.69, 9.17) is 0 Å². The van der Waals surface area contributed by atoms with Crippen molar-refractivity contribution in [2.24, 2.45) is 5.92 Å². The summed E-state index contributed by atoms with van der Waals surface area (Å²) in [5.74, 6) is 0.336. The first-order valence-corrected chi connectivity index (χ1v) is 7.14. The van der Waals surface area contributed by atoms with Crippen LogP contribution in [-0.2, 0) is 11.2 Å². The SMILES string of the molecule is O=C1NCCCC1Cc1ccn(C2CCCC2)n1. The summed E-state index contributed by atoms with van der Waals surface area (Å²) in [5, 5.41) is 7.60. The molecule has 0 bridgehead atoms. The highest BCUT2D eigenvalue weighted by molar-refractivity contribution is 5.79. The van der Waals surface area contributed by atoms with Gasteiger partial charge in [-0.3, -0.25) is 9.48 Å². The van der Waals surface area contributed by atoms with Crippen LogP contribution in [0.2, 0.25) is 0 Å². The van der Waals surface area contributed by atoms with Crippen molar-refractivity contribution in [3.05, 3.63) is 18.0 Å². The molecule has 1 aromatic heterocycles. The lowest BCUT2D eigenvalue weighted by Gasteiger charge is -2.20. The molecule has 2 aliphatic rings. The van der Waals surface area contributed by atoms with Gasteiger partial charge in [-0.1, -0.05) is 12.8 Å². The Balaban J connectivity index is 1.64. The van der Waals surface area contributed by atoms with E-state index in [1.54, 1.807) is 0 Å².